The summed E-state index contributed by atoms with van der Waals surface area (Å²) in [6.07, 6.45) is 14.2. The number of ether oxygens (including phenoxy) is 1. The van der Waals surface area contributed by atoms with Gasteiger partial charge in [0, 0.05) is 6.04 Å². The summed E-state index contributed by atoms with van der Waals surface area (Å²) in [5.74, 6) is 1.55. The van der Waals surface area contributed by atoms with Gasteiger partial charge >= 0.3 is 6.09 Å². The summed E-state index contributed by atoms with van der Waals surface area (Å²) in [5.41, 5.74) is 0.570. The Morgan fingerprint density at radius 2 is 1.85 bits per heavy atom. The summed E-state index contributed by atoms with van der Waals surface area (Å²) in [4.78, 5) is 12.1. The number of hydrogen-bond acceptors (Lipinski definition) is 2. The molecule has 4 fully saturated rings. The van der Waals surface area contributed by atoms with Crippen LogP contribution >= 0.6 is 0 Å². The van der Waals surface area contributed by atoms with E-state index >= 15 is 0 Å². The first kappa shape index (κ1) is 13.0. The lowest BCUT2D eigenvalue weighted by molar-refractivity contribution is 0.0488. The summed E-state index contributed by atoms with van der Waals surface area (Å²) in [5, 5.41) is 3.11. The predicted octanol–water partition coefficient (Wildman–Crippen LogP) is 4.01. The molecule has 3 nitrogen and oxygen atoms in total. The maximum absolute atomic E-state index is 12.1. The SMILES string of the molecule is O=C(NC1CCCCC1)O[C@@H]1C[C@@]23CCC[C@@H]2[C@@H]1CC3. The largest absolute Gasteiger partial charge is 0.446 e. The molecule has 4 rings (SSSR count). The van der Waals surface area contributed by atoms with E-state index in [1.54, 1.807) is 0 Å². The van der Waals surface area contributed by atoms with Gasteiger partial charge in [0.2, 0.25) is 0 Å². The predicted molar refractivity (Wildman–Crippen MR) is 77.4 cm³/mol. The highest BCUT2D eigenvalue weighted by atomic mass is 16.6. The van der Waals surface area contributed by atoms with E-state index in [-0.39, 0.29) is 12.2 Å². The van der Waals surface area contributed by atoms with E-state index < -0.39 is 0 Å². The fourth-order valence-electron chi connectivity index (χ4n) is 5.87. The molecule has 0 saturated heterocycles. The van der Waals surface area contributed by atoms with Gasteiger partial charge in [0.25, 0.3) is 0 Å². The minimum absolute atomic E-state index is 0.135. The van der Waals surface area contributed by atoms with Crippen LogP contribution in [0.2, 0.25) is 0 Å². The highest BCUT2D eigenvalue weighted by Gasteiger charge is 2.60. The van der Waals surface area contributed by atoms with Crippen LogP contribution in [0.4, 0.5) is 4.79 Å². The number of carbonyl (C=O) groups is 1. The second kappa shape index (κ2) is 4.92. The van der Waals surface area contributed by atoms with Crippen molar-refractivity contribution in [3.8, 4) is 0 Å². The maximum Gasteiger partial charge on any atom is 0.407 e. The average Bonchev–Trinajstić information content (AvgIpc) is 3.04. The monoisotopic (exact) mass is 277 g/mol. The number of carbonyl (C=O) groups excluding carboxylic acids is 1. The number of nitrogens with one attached hydrogen (secondary N) is 1. The Balaban J connectivity index is 1.33. The van der Waals surface area contributed by atoms with Crippen molar-refractivity contribution in [2.75, 3.05) is 0 Å². The van der Waals surface area contributed by atoms with Crippen molar-refractivity contribution in [3.05, 3.63) is 0 Å². The van der Waals surface area contributed by atoms with Gasteiger partial charge < -0.3 is 10.1 Å². The Hall–Kier alpha value is -0.730. The molecule has 0 heterocycles. The Morgan fingerprint density at radius 3 is 2.65 bits per heavy atom. The molecule has 4 atom stereocenters. The molecule has 2 bridgehead atoms. The van der Waals surface area contributed by atoms with Crippen LogP contribution in [0, 0.1) is 17.3 Å². The Labute approximate surface area is 121 Å². The third-order valence-corrected chi connectivity index (χ3v) is 6.74. The van der Waals surface area contributed by atoms with Gasteiger partial charge in [0.1, 0.15) is 6.10 Å². The molecule has 20 heavy (non-hydrogen) atoms. The van der Waals surface area contributed by atoms with Crippen molar-refractivity contribution in [2.45, 2.75) is 82.8 Å². The van der Waals surface area contributed by atoms with Crippen LogP contribution in [-0.4, -0.2) is 18.2 Å². The molecule has 3 heteroatoms. The summed E-state index contributed by atoms with van der Waals surface area (Å²) < 4.78 is 5.83. The summed E-state index contributed by atoms with van der Waals surface area (Å²) >= 11 is 0. The van der Waals surface area contributed by atoms with E-state index in [4.69, 9.17) is 4.74 Å². The first-order chi connectivity index (χ1) is 9.77. The summed E-state index contributed by atoms with van der Waals surface area (Å²) in [7, 11) is 0. The molecule has 0 radical (unpaired) electrons. The quantitative estimate of drug-likeness (QED) is 0.828. The highest BCUT2D eigenvalue weighted by Crippen LogP contribution is 2.66. The lowest BCUT2D eigenvalue weighted by Gasteiger charge is -2.29. The number of amides is 1. The number of alkyl carbamates (subject to hydrolysis) is 1. The highest BCUT2D eigenvalue weighted by molar-refractivity contribution is 5.68. The maximum atomic E-state index is 12.1. The second-order valence-corrected chi connectivity index (χ2v) is 7.69. The molecular weight excluding hydrogens is 250 g/mol. The van der Waals surface area contributed by atoms with Gasteiger partial charge in [-0.15, -0.1) is 0 Å². The molecule has 0 aliphatic heterocycles. The molecule has 0 spiro atoms. The molecule has 0 aromatic rings. The van der Waals surface area contributed by atoms with Crippen LogP contribution < -0.4 is 5.32 Å². The smallest absolute Gasteiger partial charge is 0.407 e. The average molecular weight is 277 g/mol. The third-order valence-electron chi connectivity index (χ3n) is 6.74. The molecule has 0 aromatic heterocycles. The van der Waals surface area contributed by atoms with Gasteiger partial charge in [-0.25, -0.2) is 4.79 Å². The summed E-state index contributed by atoms with van der Waals surface area (Å²) in [6.45, 7) is 0. The van der Waals surface area contributed by atoms with Crippen molar-refractivity contribution in [1.29, 1.82) is 0 Å². The molecule has 4 aliphatic rings. The molecule has 4 saturated carbocycles. The van der Waals surface area contributed by atoms with Crippen molar-refractivity contribution < 1.29 is 9.53 Å². The lowest BCUT2D eigenvalue weighted by Crippen LogP contribution is -2.39. The Morgan fingerprint density at radius 1 is 1.00 bits per heavy atom. The Bertz CT molecular complexity index is 386. The zero-order chi connectivity index (χ0) is 13.6. The molecule has 1 amide bonds. The zero-order valence-corrected chi connectivity index (χ0v) is 12.4. The minimum Gasteiger partial charge on any atom is -0.446 e. The standard InChI is InChI=1S/C17H27NO2/c19-16(18-12-5-2-1-3-6-12)20-15-11-17-9-4-7-14(17)13(15)8-10-17/h12-15H,1-11H2,(H,18,19)/t13-,14+,15+,17-/m0/s1. The van der Waals surface area contributed by atoms with E-state index in [1.165, 1.54) is 51.4 Å². The number of rotatable bonds is 2. The van der Waals surface area contributed by atoms with E-state index in [2.05, 4.69) is 5.32 Å². The molecular formula is C17H27NO2. The normalized spacial score (nSPS) is 43.5. The van der Waals surface area contributed by atoms with E-state index in [0.29, 0.717) is 17.4 Å². The van der Waals surface area contributed by atoms with Gasteiger partial charge in [-0.05, 0) is 62.2 Å². The molecule has 4 aliphatic carbocycles. The van der Waals surface area contributed by atoms with Crippen LogP contribution in [-0.2, 0) is 4.74 Å². The van der Waals surface area contributed by atoms with Crippen LogP contribution in [0.3, 0.4) is 0 Å². The van der Waals surface area contributed by atoms with Crippen LogP contribution in [0.15, 0.2) is 0 Å². The zero-order valence-electron chi connectivity index (χ0n) is 12.4. The molecule has 112 valence electrons. The van der Waals surface area contributed by atoms with Gasteiger partial charge in [0.05, 0.1) is 0 Å². The van der Waals surface area contributed by atoms with Crippen molar-refractivity contribution in [2.24, 2.45) is 17.3 Å². The molecule has 0 aromatic carbocycles. The molecule has 1 N–H and O–H groups in total. The van der Waals surface area contributed by atoms with Crippen molar-refractivity contribution in [1.82, 2.24) is 5.32 Å². The Kier molecular flexibility index (Phi) is 3.19. The second-order valence-electron chi connectivity index (χ2n) is 7.69. The third kappa shape index (κ3) is 2.05. The van der Waals surface area contributed by atoms with E-state index in [0.717, 1.165) is 25.2 Å². The van der Waals surface area contributed by atoms with Crippen LogP contribution in [0.5, 0.6) is 0 Å². The van der Waals surface area contributed by atoms with Gasteiger partial charge in [-0.1, -0.05) is 25.7 Å². The van der Waals surface area contributed by atoms with Gasteiger partial charge in [0.15, 0.2) is 0 Å². The van der Waals surface area contributed by atoms with Crippen LogP contribution in [0.1, 0.15) is 70.6 Å². The van der Waals surface area contributed by atoms with Gasteiger partial charge in [-0.3, -0.25) is 0 Å². The van der Waals surface area contributed by atoms with Gasteiger partial charge in [-0.2, -0.15) is 0 Å². The lowest BCUT2D eigenvalue weighted by atomic mass is 9.80. The van der Waals surface area contributed by atoms with E-state index in [1.807, 2.05) is 0 Å². The minimum atomic E-state index is -0.135. The van der Waals surface area contributed by atoms with E-state index in [9.17, 15) is 4.79 Å². The first-order valence-corrected chi connectivity index (χ1v) is 8.74. The van der Waals surface area contributed by atoms with Crippen molar-refractivity contribution in [3.63, 3.8) is 0 Å². The topological polar surface area (TPSA) is 38.3 Å². The van der Waals surface area contributed by atoms with Crippen LogP contribution in [0.25, 0.3) is 0 Å². The first-order valence-electron chi connectivity index (χ1n) is 8.74. The fourth-order valence-corrected chi connectivity index (χ4v) is 5.87. The van der Waals surface area contributed by atoms with Crippen molar-refractivity contribution >= 4 is 6.09 Å². The molecule has 0 unspecified atom stereocenters. The fraction of sp³-hybridized carbons (Fsp3) is 0.941. The number of hydrogen-bond donors (Lipinski definition) is 1. The summed E-state index contributed by atoms with van der Waals surface area (Å²) in [6, 6.07) is 0.368.